The van der Waals surface area contributed by atoms with Gasteiger partial charge < -0.3 is 14.8 Å². The van der Waals surface area contributed by atoms with Crippen molar-refractivity contribution in [2.24, 2.45) is 23.2 Å². The molecule has 0 aliphatic heterocycles. The number of esters is 1. The summed E-state index contributed by atoms with van der Waals surface area (Å²) in [5.74, 6) is 2.57. The highest BCUT2D eigenvalue weighted by Crippen LogP contribution is 2.60. The quantitative estimate of drug-likeness (QED) is 0.590. The molecule has 4 saturated carbocycles. The van der Waals surface area contributed by atoms with Gasteiger partial charge >= 0.3 is 5.97 Å². The molecule has 0 aromatic heterocycles. The molecule has 27 heavy (non-hydrogen) atoms. The second kappa shape index (κ2) is 7.53. The van der Waals surface area contributed by atoms with Crippen LogP contribution in [-0.4, -0.2) is 31.6 Å². The number of hydrogen-bond acceptors (Lipinski definition) is 4. The third-order valence-corrected chi connectivity index (χ3v) is 6.55. The van der Waals surface area contributed by atoms with Crippen LogP contribution in [0.15, 0.2) is 24.3 Å². The smallest absolute Gasteiger partial charge is 0.325 e. The first-order valence-electron chi connectivity index (χ1n) is 10.2. The molecule has 1 N–H and O–H groups in total. The lowest BCUT2D eigenvalue weighted by Gasteiger charge is -2.55. The molecule has 1 aromatic carbocycles. The molecule has 0 radical (unpaired) electrons. The highest BCUT2D eigenvalue weighted by molar-refractivity contribution is 5.86. The first kappa shape index (κ1) is 18.3. The summed E-state index contributed by atoms with van der Waals surface area (Å²) in [5, 5.41) is 2.85. The van der Waals surface area contributed by atoms with E-state index < -0.39 is 5.97 Å². The van der Waals surface area contributed by atoms with Gasteiger partial charge in [-0.15, -0.1) is 0 Å². The molecule has 4 fully saturated rings. The molecule has 5 nitrogen and oxygen atoms in total. The summed E-state index contributed by atoms with van der Waals surface area (Å²) in [7, 11) is 0. The van der Waals surface area contributed by atoms with E-state index in [1.807, 2.05) is 31.2 Å². The van der Waals surface area contributed by atoms with E-state index in [4.69, 9.17) is 9.47 Å². The Kier molecular flexibility index (Phi) is 5.11. The fourth-order valence-electron chi connectivity index (χ4n) is 5.73. The number of carbonyl (C=O) groups is 2. The zero-order chi connectivity index (χ0) is 18.9. The number of rotatable bonds is 7. The van der Waals surface area contributed by atoms with Crippen LogP contribution >= 0.6 is 0 Å². The van der Waals surface area contributed by atoms with E-state index in [2.05, 4.69) is 5.32 Å². The van der Waals surface area contributed by atoms with Crippen LogP contribution in [0.5, 0.6) is 5.75 Å². The maximum atomic E-state index is 12.8. The Morgan fingerprint density at radius 2 is 1.59 bits per heavy atom. The largest absolute Gasteiger partial charge is 0.490 e. The van der Waals surface area contributed by atoms with Crippen molar-refractivity contribution in [1.82, 2.24) is 5.32 Å². The minimum absolute atomic E-state index is 0.0505. The van der Waals surface area contributed by atoms with Crippen molar-refractivity contribution < 1.29 is 19.1 Å². The summed E-state index contributed by atoms with van der Waals surface area (Å²) < 4.78 is 10.7. The van der Waals surface area contributed by atoms with Crippen LogP contribution in [0.2, 0.25) is 0 Å². The molecule has 0 heterocycles. The predicted octanol–water partition coefficient (Wildman–Crippen LogP) is 3.25. The lowest BCUT2D eigenvalue weighted by atomic mass is 9.49. The van der Waals surface area contributed by atoms with Gasteiger partial charge in [-0.05, 0) is 75.3 Å². The van der Waals surface area contributed by atoms with Crippen molar-refractivity contribution in [2.45, 2.75) is 45.4 Å². The Hall–Kier alpha value is -2.04. The summed E-state index contributed by atoms with van der Waals surface area (Å²) in [4.78, 5) is 24.7. The minimum Gasteiger partial charge on any atom is -0.490 e. The molecule has 4 bridgehead atoms. The summed E-state index contributed by atoms with van der Waals surface area (Å²) in [6.45, 7) is 2.45. The summed E-state index contributed by atoms with van der Waals surface area (Å²) >= 11 is 0. The van der Waals surface area contributed by atoms with Gasteiger partial charge in [-0.2, -0.15) is 0 Å². The van der Waals surface area contributed by atoms with Gasteiger partial charge in [-0.1, -0.05) is 17.7 Å². The van der Waals surface area contributed by atoms with Crippen LogP contribution < -0.4 is 10.1 Å². The zero-order valence-electron chi connectivity index (χ0n) is 16.0. The van der Waals surface area contributed by atoms with Gasteiger partial charge in [0.25, 0.3) is 0 Å². The molecule has 4 aliphatic rings. The van der Waals surface area contributed by atoms with E-state index >= 15 is 0 Å². The van der Waals surface area contributed by atoms with Gasteiger partial charge in [0, 0.05) is 5.41 Å². The maximum absolute atomic E-state index is 12.8. The number of ether oxygens (including phenoxy) is 2. The minimum atomic E-state index is -0.402. The third kappa shape index (κ3) is 4.12. The Morgan fingerprint density at radius 3 is 2.19 bits per heavy atom. The van der Waals surface area contributed by atoms with Gasteiger partial charge in [0.2, 0.25) is 5.91 Å². The summed E-state index contributed by atoms with van der Waals surface area (Å²) in [6, 6.07) is 7.73. The maximum Gasteiger partial charge on any atom is 0.325 e. The van der Waals surface area contributed by atoms with Crippen LogP contribution in [0.4, 0.5) is 0 Å². The molecule has 0 spiro atoms. The van der Waals surface area contributed by atoms with E-state index in [0.29, 0.717) is 24.4 Å². The lowest BCUT2D eigenvalue weighted by molar-refractivity contribution is -0.151. The van der Waals surface area contributed by atoms with Gasteiger partial charge in [0.15, 0.2) is 0 Å². The Labute approximate surface area is 160 Å². The number of nitrogens with one attached hydrogen (secondary N) is 1. The molecule has 0 unspecified atom stereocenters. The molecule has 0 saturated heterocycles. The Balaban J connectivity index is 1.17. The summed E-state index contributed by atoms with van der Waals surface area (Å²) in [5.41, 5.74) is 0.951. The van der Waals surface area contributed by atoms with E-state index in [1.54, 1.807) is 0 Å². The van der Waals surface area contributed by atoms with Crippen molar-refractivity contribution in [3.63, 3.8) is 0 Å². The first-order chi connectivity index (χ1) is 13.0. The van der Waals surface area contributed by atoms with Crippen LogP contribution in [-0.2, 0) is 14.3 Å². The van der Waals surface area contributed by atoms with E-state index in [0.717, 1.165) is 25.0 Å². The zero-order valence-corrected chi connectivity index (χ0v) is 16.0. The normalized spacial score (nSPS) is 30.8. The second-order valence-corrected chi connectivity index (χ2v) is 8.76. The van der Waals surface area contributed by atoms with Gasteiger partial charge in [0.05, 0.1) is 0 Å². The first-order valence-corrected chi connectivity index (χ1v) is 10.2. The van der Waals surface area contributed by atoms with E-state index in [9.17, 15) is 9.59 Å². The van der Waals surface area contributed by atoms with Crippen LogP contribution in [0.1, 0.15) is 44.1 Å². The highest BCUT2D eigenvalue weighted by atomic mass is 16.6. The molecule has 5 heteroatoms. The monoisotopic (exact) mass is 371 g/mol. The topological polar surface area (TPSA) is 64.6 Å². The fraction of sp³-hybridized carbons (Fsp3) is 0.636. The van der Waals surface area contributed by atoms with E-state index in [-0.39, 0.29) is 24.5 Å². The van der Waals surface area contributed by atoms with Crippen LogP contribution in [0.3, 0.4) is 0 Å². The number of carbonyl (C=O) groups excluding carboxylic acids is 2. The number of amides is 1. The fourth-order valence-corrected chi connectivity index (χ4v) is 5.73. The van der Waals surface area contributed by atoms with E-state index in [1.165, 1.54) is 24.8 Å². The van der Waals surface area contributed by atoms with Crippen molar-refractivity contribution in [2.75, 3.05) is 19.8 Å². The molecule has 1 amide bonds. The molecule has 146 valence electrons. The molecular weight excluding hydrogens is 342 g/mol. The Morgan fingerprint density at radius 1 is 1.00 bits per heavy atom. The van der Waals surface area contributed by atoms with Gasteiger partial charge in [-0.3, -0.25) is 9.59 Å². The van der Waals surface area contributed by atoms with Crippen LogP contribution in [0, 0.1) is 30.1 Å². The lowest BCUT2D eigenvalue weighted by Crippen LogP contribution is -2.54. The number of hydrogen-bond donors (Lipinski definition) is 1. The van der Waals surface area contributed by atoms with Crippen molar-refractivity contribution in [1.29, 1.82) is 0 Å². The molecule has 0 atom stereocenters. The van der Waals surface area contributed by atoms with Crippen molar-refractivity contribution >= 4 is 11.9 Å². The van der Waals surface area contributed by atoms with Crippen molar-refractivity contribution in [3.8, 4) is 5.75 Å². The number of aryl methyl sites for hydroxylation is 1. The SMILES string of the molecule is Cc1ccc(OCCOC(=O)CNC(=O)C23CC4CC(CC(C4)C2)C3)cc1. The highest BCUT2D eigenvalue weighted by Gasteiger charge is 2.54. The predicted molar refractivity (Wildman–Crippen MR) is 101 cm³/mol. The average Bonchev–Trinajstić information content (AvgIpc) is 2.63. The van der Waals surface area contributed by atoms with Gasteiger partial charge in [-0.25, -0.2) is 0 Å². The molecule has 1 aromatic rings. The second-order valence-electron chi connectivity index (χ2n) is 8.76. The van der Waals surface area contributed by atoms with Crippen molar-refractivity contribution in [3.05, 3.63) is 29.8 Å². The third-order valence-electron chi connectivity index (χ3n) is 6.55. The summed E-state index contributed by atoms with van der Waals surface area (Å²) in [6.07, 6.45) is 6.92. The average molecular weight is 371 g/mol. The number of benzene rings is 1. The Bertz CT molecular complexity index is 661. The molecular formula is C22H29NO4. The molecule has 5 rings (SSSR count). The van der Waals surface area contributed by atoms with Crippen LogP contribution in [0.25, 0.3) is 0 Å². The standard InChI is InChI=1S/C22H29NO4/c1-15-2-4-19(5-3-15)26-6-7-27-20(24)14-23-21(25)22-11-16-8-17(12-22)10-18(9-16)13-22/h2-5,16-18H,6-14H2,1H3,(H,23,25). The molecule has 4 aliphatic carbocycles. The van der Waals surface area contributed by atoms with Gasteiger partial charge in [0.1, 0.15) is 25.5 Å².